The minimum absolute atomic E-state index is 0.273. The number of para-hydroxylation sites is 1. The van der Waals surface area contributed by atoms with E-state index in [1.807, 2.05) is 18.2 Å². The summed E-state index contributed by atoms with van der Waals surface area (Å²) in [6, 6.07) is 15.7. The molecule has 0 aliphatic carbocycles. The first-order valence-electron chi connectivity index (χ1n) is 8.59. The van der Waals surface area contributed by atoms with Crippen molar-refractivity contribution in [3.05, 3.63) is 90.3 Å². The monoisotopic (exact) mass is 569 g/mol. The van der Waals surface area contributed by atoms with E-state index in [1.165, 1.54) is 6.21 Å². The van der Waals surface area contributed by atoms with Crippen LogP contribution in [-0.4, -0.2) is 12.1 Å². The molecule has 3 rings (SSSR count). The summed E-state index contributed by atoms with van der Waals surface area (Å²) >= 11 is 19.1. The van der Waals surface area contributed by atoms with Gasteiger partial charge in [0.2, 0.25) is 0 Å². The van der Waals surface area contributed by atoms with Crippen LogP contribution in [0, 0.1) is 0 Å². The van der Waals surface area contributed by atoms with Gasteiger partial charge in [0.25, 0.3) is 5.91 Å². The van der Waals surface area contributed by atoms with Crippen molar-refractivity contribution in [1.29, 1.82) is 0 Å². The number of carbonyl (C=O) groups is 1. The van der Waals surface area contributed by atoms with Crippen molar-refractivity contribution in [3.63, 3.8) is 0 Å². The van der Waals surface area contributed by atoms with Crippen molar-refractivity contribution in [2.24, 2.45) is 5.10 Å². The van der Waals surface area contributed by atoms with Gasteiger partial charge in [-0.1, -0.05) is 41.4 Å². The number of halogens is 4. The van der Waals surface area contributed by atoms with Gasteiger partial charge in [-0.2, -0.15) is 5.10 Å². The molecule has 0 saturated carbocycles. The van der Waals surface area contributed by atoms with E-state index < -0.39 is 0 Å². The van der Waals surface area contributed by atoms with Gasteiger partial charge in [-0.15, -0.1) is 0 Å². The number of carbonyl (C=O) groups excluding carboxylic acids is 1. The van der Waals surface area contributed by atoms with Gasteiger partial charge >= 0.3 is 0 Å². The van der Waals surface area contributed by atoms with E-state index >= 15 is 0 Å². The van der Waals surface area contributed by atoms with Crippen molar-refractivity contribution >= 4 is 72.9 Å². The number of hydrogen-bond donors (Lipinski definition) is 2. The second-order valence-electron chi connectivity index (χ2n) is 6.12. The number of hydrazone groups is 1. The van der Waals surface area contributed by atoms with E-state index in [4.69, 9.17) is 33.7 Å². The number of benzene rings is 3. The van der Waals surface area contributed by atoms with Crippen molar-refractivity contribution < 1.29 is 9.53 Å². The third-order valence-corrected chi connectivity index (χ3v) is 5.76. The lowest BCUT2D eigenvalue weighted by molar-refractivity contribution is 0.0956. The van der Waals surface area contributed by atoms with E-state index in [1.54, 1.807) is 36.4 Å². The first kappa shape index (κ1) is 22.6. The number of nitrogen functional groups attached to an aromatic ring is 1. The Morgan fingerprint density at radius 2 is 1.80 bits per heavy atom. The summed E-state index contributed by atoms with van der Waals surface area (Å²) in [5.74, 6) is 0.224. The van der Waals surface area contributed by atoms with E-state index in [-0.39, 0.29) is 12.5 Å². The predicted molar refractivity (Wildman–Crippen MR) is 129 cm³/mol. The maximum atomic E-state index is 12.1. The average molecular weight is 572 g/mol. The molecule has 154 valence electrons. The molecule has 0 fully saturated rings. The molecule has 30 heavy (non-hydrogen) atoms. The number of nitrogens with one attached hydrogen (secondary N) is 1. The Labute approximate surface area is 200 Å². The fourth-order valence-electron chi connectivity index (χ4n) is 2.51. The minimum atomic E-state index is -0.387. The lowest BCUT2D eigenvalue weighted by atomic mass is 10.2. The highest BCUT2D eigenvalue weighted by molar-refractivity contribution is 9.11. The van der Waals surface area contributed by atoms with Crippen LogP contribution in [-0.2, 0) is 6.61 Å². The highest BCUT2D eigenvalue weighted by atomic mass is 79.9. The molecule has 9 heteroatoms. The van der Waals surface area contributed by atoms with Gasteiger partial charge < -0.3 is 10.5 Å². The number of nitrogens with two attached hydrogens (primary N) is 1. The molecule has 5 nitrogen and oxygen atoms in total. The summed E-state index contributed by atoms with van der Waals surface area (Å²) in [6.45, 7) is 0.273. The summed E-state index contributed by atoms with van der Waals surface area (Å²) < 4.78 is 7.31. The van der Waals surface area contributed by atoms with Crippen molar-refractivity contribution in [2.75, 3.05) is 5.73 Å². The van der Waals surface area contributed by atoms with E-state index in [2.05, 4.69) is 42.4 Å². The second kappa shape index (κ2) is 10.3. The number of rotatable bonds is 6. The zero-order valence-corrected chi connectivity index (χ0v) is 20.0. The average Bonchev–Trinajstić information content (AvgIpc) is 2.69. The molecule has 0 saturated heterocycles. The summed E-state index contributed by atoms with van der Waals surface area (Å²) in [5, 5.41) is 5.09. The first-order chi connectivity index (χ1) is 14.3. The molecule has 0 unspecified atom stereocenters. The molecule has 0 bridgehead atoms. The highest BCUT2D eigenvalue weighted by Crippen LogP contribution is 2.35. The highest BCUT2D eigenvalue weighted by Gasteiger charge is 2.11. The fourth-order valence-corrected chi connectivity index (χ4v) is 4.42. The number of hydrogen-bond acceptors (Lipinski definition) is 4. The van der Waals surface area contributed by atoms with Gasteiger partial charge in [0.15, 0.2) is 0 Å². The zero-order valence-electron chi connectivity index (χ0n) is 15.3. The first-order valence-corrected chi connectivity index (χ1v) is 10.9. The van der Waals surface area contributed by atoms with Crippen LogP contribution < -0.4 is 15.9 Å². The normalized spacial score (nSPS) is 10.9. The van der Waals surface area contributed by atoms with Crippen LogP contribution in [0.1, 0.15) is 21.5 Å². The number of ether oxygens (including phenoxy) is 1. The van der Waals surface area contributed by atoms with E-state index in [0.717, 1.165) is 11.1 Å². The minimum Gasteiger partial charge on any atom is -0.486 e. The standard InChI is InChI=1S/C21H15Br2Cl2N3O2/c22-16-7-12(10-27-28-21(29)15-3-1-2-4-19(15)26)8-17(23)20(16)30-11-13-5-6-14(24)9-18(13)25/h1-10H,11,26H2,(H,28,29)/b27-10-. The molecule has 0 spiro atoms. The summed E-state index contributed by atoms with van der Waals surface area (Å²) in [6.07, 6.45) is 1.52. The summed E-state index contributed by atoms with van der Waals surface area (Å²) in [5.41, 5.74) is 10.6. The molecule has 0 aliphatic heterocycles. The smallest absolute Gasteiger partial charge is 0.273 e. The van der Waals surface area contributed by atoms with Crippen LogP contribution in [0.5, 0.6) is 5.75 Å². The zero-order chi connectivity index (χ0) is 21.7. The van der Waals surface area contributed by atoms with Crippen LogP contribution in [0.4, 0.5) is 5.69 Å². The molecule has 0 aromatic heterocycles. The molecular weight excluding hydrogens is 557 g/mol. The molecule has 3 aromatic carbocycles. The predicted octanol–water partition coefficient (Wildman–Crippen LogP) is 6.44. The van der Waals surface area contributed by atoms with Gasteiger partial charge in [-0.25, -0.2) is 5.43 Å². The molecule has 0 radical (unpaired) electrons. The Bertz CT molecular complexity index is 1100. The molecule has 0 aliphatic rings. The summed E-state index contributed by atoms with van der Waals surface area (Å²) in [7, 11) is 0. The Morgan fingerprint density at radius 1 is 1.10 bits per heavy atom. The molecule has 0 heterocycles. The fraction of sp³-hybridized carbons (Fsp3) is 0.0476. The molecule has 3 N–H and O–H groups in total. The van der Waals surface area contributed by atoms with E-state index in [0.29, 0.717) is 36.0 Å². The van der Waals surface area contributed by atoms with Gasteiger partial charge in [-0.05, 0) is 73.8 Å². The third-order valence-electron chi connectivity index (χ3n) is 3.99. The number of nitrogens with zero attached hydrogens (tertiary/aromatic N) is 1. The van der Waals surface area contributed by atoms with Crippen LogP contribution >= 0.6 is 55.1 Å². The van der Waals surface area contributed by atoms with Crippen molar-refractivity contribution in [2.45, 2.75) is 6.61 Å². The summed E-state index contributed by atoms with van der Waals surface area (Å²) in [4.78, 5) is 12.1. The maximum absolute atomic E-state index is 12.1. The Morgan fingerprint density at radius 3 is 2.47 bits per heavy atom. The Balaban J connectivity index is 1.67. The quantitative estimate of drug-likeness (QED) is 0.203. The van der Waals surface area contributed by atoms with Gasteiger partial charge in [0, 0.05) is 21.3 Å². The van der Waals surface area contributed by atoms with Crippen molar-refractivity contribution in [1.82, 2.24) is 5.43 Å². The molecule has 1 amide bonds. The lowest BCUT2D eigenvalue weighted by Crippen LogP contribution is -2.19. The third kappa shape index (κ3) is 5.76. The molecule has 0 atom stereocenters. The lowest BCUT2D eigenvalue weighted by Gasteiger charge is -2.12. The SMILES string of the molecule is Nc1ccccc1C(=O)N/N=C\c1cc(Br)c(OCc2ccc(Cl)cc2Cl)c(Br)c1. The van der Waals surface area contributed by atoms with Crippen LogP contribution in [0.15, 0.2) is 68.6 Å². The number of amides is 1. The topological polar surface area (TPSA) is 76.7 Å². The number of anilines is 1. The van der Waals surface area contributed by atoms with Gasteiger partial charge in [-0.3, -0.25) is 4.79 Å². The van der Waals surface area contributed by atoms with Gasteiger partial charge in [0.1, 0.15) is 12.4 Å². The largest absolute Gasteiger partial charge is 0.486 e. The van der Waals surface area contributed by atoms with Crippen LogP contribution in [0.2, 0.25) is 10.0 Å². The Hall–Kier alpha value is -2.06. The van der Waals surface area contributed by atoms with Crippen LogP contribution in [0.3, 0.4) is 0 Å². The Kier molecular flexibility index (Phi) is 7.77. The van der Waals surface area contributed by atoms with Crippen LogP contribution in [0.25, 0.3) is 0 Å². The maximum Gasteiger partial charge on any atom is 0.273 e. The van der Waals surface area contributed by atoms with Crippen molar-refractivity contribution in [3.8, 4) is 5.75 Å². The molecular formula is C21H15Br2Cl2N3O2. The second-order valence-corrected chi connectivity index (χ2v) is 8.68. The van der Waals surface area contributed by atoms with Gasteiger partial charge in [0.05, 0.1) is 20.7 Å². The van der Waals surface area contributed by atoms with E-state index in [9.17, 15) is 4.79 Å². The molecule has 3 aromatic rings.